The van der Waals surface area contributed by atoms with Crippen LogP contribution in [0.2, 0.25) is 0 Å². The number of oxazole rings is 1. The first-order chi connectivity index (χ1) is 8.81. The molecule has 1 aromatic heterocycles. The molecule has 2 N–H and O–H groups in total. The van der Waals surface area contributed by atoms with Gasteiger partial charge in [0.15, 0.2) is 5.58 Å². The molecule has 0 aliphatic carbocycles. The molecule has 0 amide bonds. The maximum absolute atomic E-state index is 5.69. The van der Waals surface area contributed by atoms with Gasteiger partial charge in [-0.25, -0.2) is 4.98 Å². The Balaban J connectivity index is 1.93. The monoisotopic (exact) mass is 236 g/mol. The largest absolute Gasteiger partial charge is 0.437 e. The van der Waals surface area contributed by atoms with Gasteiger partial charge in [0.2, 0.25) is 5.89 Å². The Morgan fingerprint density at radius 1 is 1.00 bits per heavy atom. The summed E-state index contributed by atoms with van der Waals surface area (Å²) in [4.78, 5) is 4.36. The fraction of sp³-hybridized carbons (Fsp3) is 0. The number of nitrogens with two attached hydrogens (primary N) is 1. The lowest BCUT2D eigenvalue weighted by Crippen LogP contribution is -1.81. The molecule has 18 heavy (non-hydrogen) atoms. The minimum Gasteiger partial charge on any atom is -0.437 e. The summed E-state index contributed by atoms with van der Waals surface area (Å²) >= 11 is 0. The number of aromatic nitrogens is 1. The van der Waals surface area contributed by atoms with Crippen LogP contribution in [0.1, 0.15) is 11.5 Å². The van der Waals surface area contributed by atoms with Crippen molar-refractivity contribution in [2.75, 3.05) is 5.73 Å². The van der Waals surface area contributed by atoms with E-state index in [9.17, 15) is 0 Å². The van der Waals surface area contributed by atoms with Gasteiger partial charge in [-0.1, -0.05) is 30.3 Å². The average molecular weight is 236 g/mol. The minimum absolute atomic E-state index is 0.583. The molecule has 0 bridgehead atoms. The standard InChI is InChI=1S/C15H12N2O/c16-12-7-8-13-14(10-12)18-15(17-13)9-6-11-4-2-1-3-5-11/h1-10H,16H2. The Bertz CT molecular complexity index is 699. The second-order valence-electron chi connectivity index (χ2n) is 4.02. The van der Waals surface area contributed by atoms with Gasteiger partial charge in [0, 0.05) is 17.8 Å². The number of nitrogen functional groups attached to an aromatic ring is 1. The topological polar surface area (TPSA) is 52.0 Å². The maximum Gasteiger partial charge on any atom is 0.220 e. The molecule has 0 saturated heterocycles. The second kappa shape index (κ2) is 4.37. The minimum atomic E-state index is 0.583. The van der Waals surface area contributed by atoms with Gasteiger partial charge >= 0.3 is 0 Å². The van der Waals surface area contributed by atoms with Crippen LogP contribution in [0.25, 0.3) is 23.3 Å². The highest BCUT2D eigenvalue weighted by Gasteiger charge is 2.02. The van der Waals surface area contributed by atoms with Gasteiger partial charge in [0.1, 0.15) is 5.52 Å². The Kier molecular flexibility index (Phi) is 2.57. The number of rotatable bonds is 2. The molecule has 88 valence electrons. The first-order valence-electron chi connectivity index (χ1n) is 5.70. The van der Waals surface area contributed by atoms with Crippen LogP contribution in [0.5, 0.6) is 0 Å². The van der Waals surface area contributed by atoms with Crippen molar-refractivity contribution < 1.29 is 4.42 Å². The number of hydrogen-bond acceptors (Lipinski definition) is 3. The molecule has 0 saturated carbocycles. The average Bonchev–Trinajstić information content (AvgIpc) is 2.79. The zero-order chi connectivity index (χ0) is 12.4. The van der Waals surface area contributed by atoms with Gasteiger partial charge in [-0.15, -0.1) is 0 Å². The van der Waals surface area contributed by atoms with E-state index in [1.165, 1.54) is 0 Å². The number of benzene rings is 2. The molecule has 1 heterocycles. The molecule has 3 nitrogen and oxygen atoms in total. The highest BCUT2D eigenvalue weighted by atomic mass is 16.3. The van der Waals surface area contributed by atoms with Crippen molar-refractivity contribution in [3.05, 3.63) is 60.0 Å². The lowest BCUT2D eigenvalue weighted by Gasteiger charge is -1.89. The molecule has 2 aromatic carbocycles. The van der Waals surface area contributed by atoms with Crippen LogP contribution in [0, 0.1) is 0 Å². The molecule has 3 aromatic rings. The van der Waals surface area contributed by atoms with Crippen molar-refractivity contribution in [2.24, 2.45) is 0 Å². The molecule has 0 spiro atoms. The van der Waals surface area contributed by atoms with Crippen LogP contribution in [-0.4, -0.2) is 4.98 Å². The Morgan fingerprint density at radius 3 is 2.67 bits per heavy atom. The van der Waals surface area contributed by atoms with E-state index in [1.807, 2.05) is 54.6 Å². The highest BCUT2D eigenvalue weighted by Crippen LogP contribution is 2.19. The second-order valence-corrected chi connectivity index (χ2v) is 4.02. The zero-order valence-electron chi connectivity index (χ0n) is 9.71. The summed E-state index contributed by atoms with van der Waals surface area (Å²) in [6, 6.07) is 15.5. The van der Waals surface area contributed by atoms with Crippen molar-refractivity contribution >= 4 is 28.9 Å². The lowest BCUT2D eigenvalue weighted by atomic mass is 10.2. The van der Waals surface area contributed by atoms with E-state index in [0.717, 1.165) is 11.1 Å². The molecule has 3 heteroatoms. The quantitative estimate of drug-likeness (QED) is 0.692. The van der Waals surface area contributed by atoms with E-state index in [1.54, 1.807) is 6.07 Å². The summed E-state index contributed by atoms with van der Waals surface area (Å²) in [5, 5.41) is 0. The fourth-order valence-corrected chi connectivity index (χ4v) is 1.76. The van der Waals surface area contributed by atoms with E-state index in [-0.39, 0.29) is 0 Å². The first kappa shape index (κ1) is 10.6. The highest BCUT2D eigenvalue weighted by molar-refractivity contribution is 5.78. The van der Waals surface area contributed by atoms with Crippen molar-refractivity contribution in [2.45, 2.75) is 0 Å². The lowest BCUT2D eigenvalue weighted by molar-refractivity contribution is 0.590. The molecule has 0 aliphatic rings. The van der Waals surface area contributed by atoms with Crippen molar-refractivity contribution in [3.63, 3.8) is 0 Å². The summed E-state index contributed by atoms with van der Waals surface area (Å²) in [7, 11) is 0. The van der Waals surface area contributed by atoms with Gasteiger partial charge in [-0.05, 0) is 23.8 Å². The van der Waals surface area contributed by atoms with Crippen LogP contribution in [0.3, 0.4) is 0 Å². The molecular weight excluding hydrogens is 224 g/mol. The van der Waals surface area contributed by atoms with Crippen LogP contribution < -0.4 is 5.73 Å². The van der Waals surface area contributed by atoms with Crippen LogP contribution >= 0.6 is 0 Å². The summed E-state index contributed by atoms with van der Waals surface area (Å²) in [6.07, 6.45) is 3.82. The third-order valence-corrected chi connectivity index (χ3v) is 2.65. The van der Waals surface area contributed by atoms with E-state index in [4.69, 9.17) is 10.2 Å². The van der Waals surface area contributed by atoms with E-state index in [2.05, 4.69) is 4.98 Å². The smallest absolute Gasteiger partial charge is 0.220 e. The third kappa shape index (κ3) is 2.11. The molecule has 3 rings (SSSR count). The van der Waals surface area contributed by atoms with Gasteiger partial charge in [0.05, 0.1) is 0 Å². The molecule has 0 fully saturated rings. The molecular formula is C15H12N2O. The normalized spacial score (nSPS) is 11.3. The molecule has 0 atom stereocenters. The van der Waals surface area contributed by atoms with Crippen LogP contribution in [0.4, 0.5) is 5.69 Å². The Hall–Kier alpha value is -2.55. The Labute approximate surface area is 105 Å². The predicted molar refractivity (Wildman–Crippen MR) is 73.8 cm³/mol. The van der Waals surface area contributed by atoms with Crippen LogP contribution in [0.15, 0.2) is 52.9 Å². The number of nitrogens with zero attached hydrogens (tertiary/aromatic N) is 1. The van der Waals surface area contributed by atoms with Crippen molar-refractivity contribution in [3.8, 4) is 0 Å². The maximum atomic E-state index is 5.69. The van der Waals surface area contributed by atoms with Gasteiger partial charge < -0.3 is 10.2 Å². The van der Waals surface area contributed by atoms with Gasteiger partial charge in [-0.2, -0.15) is 0 Å². The van der Waals surface area contributed by atoms with E-state index < -0.39 is 0 Å². The van der Waals surface area contributed by atoms with Crippen LogP contribution in [-0.2, 0) is 0 Å². The van der Waals surface area contributed by atoms with Gasteiger partial charge in [0.25, 0.3) is 0 Å². The summed E-state index contributed by atoms with van der Waals surface area (Å²) < 4.78 is 5.59. The van der Waals surface area contributed by atoms with Crippen molar-refractivity contribution in [1.82, 2.24) is 4.98 Å². The summed E-state index contributed by atoms with van der Waals surface area (Å²) in [5.74, 6) is 0.583. The van der Waals surface area contributed by atoms with Gasteiger partial charge in [-0.3, -0.25) is 0 Å². The van der Waals surface area contributed by atoms with E-state index in [0.29, 0.717) is 17.2 Å². The summed E-state index contributed by atoms with van der Waals surface area (Å²) in [6.45, 7) is 0. The number of anilines is 1. The number of hydrogen-bond donors (Lipinski definition) is 1. The number of fused-ring (bicyclic) bond motifs is 1. The van der Waals surface area contributed by atoms with E-state index >= 15 is 0 Å². The zero-order valence-corrected chi connectivity index (χ0v) is 9.71. The molecule has 0 aliphatic heterocycles. The fourth-order valence-electron chi connectivity index (χ4n) is 1.76. The first-order valence-corrected chi connectivity index (χ1v) is 5.70. The molecule has 0 radical (unpaired) electrons. The SMILES string of the molecule is Nc1ccc2nc(C=Cc3ccccc3)oc2c1. The summed E-state index contributed by atoms with van der Waals surface area (Å²) in [5.41, 5.74) is 9.01. The van der Waals surface area contributed by atoms with Crippen molar-refractivity contribution in [1.29, 1.82) is 0 Å². The third-order valence-electron chi connectivity index (χ3n) is 2.65. The predicted octanol–water partition coefficient (Wildman–Crippen LogP) is 3.58. The Morgan fingerprint density at radius 2 is 1.83 bits per heavy atom. The molecule has 0 unspecified atom stereocenters.